The van der Waals surface area contributed by atoms with E-state index in [1.807, 2.05) is 0 Å². The maximum Gasteiger partial charge on any atom is 0.0632 e. The molecule has 2 heteroatoms. The number of nitrogens with two attached hydrogens (primary N) is 1. The highest BCUT2D eigenvalue weighted by atomic mass is 16.5. The first-order valence-corrected chi connectivity index (χ1v) is 5.55. The lowest BCUT2D eigenvalue weighted by Gasteiger charge is -2.18. The van der Waals surface area contributed by atoms with Crippen LogP contribution in [-0.4, -0.2) is 18.8 Å². The van der Waals surface area contributed by atoms with Crippen LogP contribution in [-0.2, 0) is 4.74 Å². The van der Waals surface area contributed by atoms with Crippen molar-refractivity contribution in [2.24, 2.45) is 23.5 Å². The normalized spacial score (nSPS) is 46.4. The Kier molecular flexibility index (Phi) is 2.61. The molecular formula is C11H21NO. The van der Waals surface area contributed by atoms with Crippen molar-refractivity contribution in [1.82, 2.24) is 0 Å². The number of fused-ring (bicyclic) bond motifs is 1. The van der Waals surface area contributed by atoms with Gasteiger partial charge in [-0.3, -0.25) is 0 Å². The number of hydrogen-bond acceptors (Lipinski definition) is 2. The molecule has 5 atom stereocenters. The molecule has 0 aromatic rings. The van der Waals surface area contributed by atoms with Crippen LogP contribution in [0.1, 0.15) is 33.1 Å². The topological polar surface area (TPSA) is 35.2 Å². The summed E-state index contributed by atoms with van der Waals surface area (Å²) in [5, 5.41) is 0. The van der Waals surface area contributed by atoms with Crippen LogP contribution in [0.3, 0.4) is 0 Å². The summed E-state index contributed by atoms with van der Waals surface area (Å²) in [6, 6.07) is 0.336. The number of hydrogen-bond donors (Lipinski definition) is 1. The first-order chi connectivity index (χ1) is 6.18. The second-order valence-electron chi connectivity index (χ2n) is 4.99. The predicted molar refractivity (Wildman–Crippen MR) is 53.4 cm³/mol. The van der Waals surface area contributed by atoms with Gasteiger partial charge in [0.05, 0.1) is 12.7 Å². The summed E-state index contributed by atoms with van der Waals surface area (Å²) in [5.74, 6) is 2.35. The second kappa shape index (κ2) is 3.58. The monoisotopic (exact) mass is 183 g/mol. The summed E-state index contributed by atoms with van der Waals surface area (Å²) < 4.78 is 5.85. The summed E-state index contributed by atoms with van der Waals surface area (Å²) in [4.78, 5) is 0. The van der Waals surface area contributed by atoms with Crippen LogP contribution in [0.25, 0.3) is 0 Å². The first-order valence-electron chi connectivity index (χ1n) is 5.55. The molecule has 2 N–H and O–H groups in total. The van der Waals surface area contributed by atoms with Crippen LogP contribution in [0, 0.1) is 17.8 Å². The Hall–Kier alpha value is -0.0800. The first kappa shape index (κ1) is 9.47. The van der Waals surface area contributed by atoms with E-state index >= 15 is 0 Å². The van der Waals surface area contributed by atoms with Crippen molar-refractivity contribution < 1.29 is 4.74 Å². The van der Waals surface area contributed by atoms with Crippen LogP contribution in [0.4, 0.5) is 0 Å². The van der Waals surface area contributed by atoms with Gasteiger partial charge < -0.3 is 10.5 Å². The van der Waals surface area contributed by atoms with Gasteiger partial charge in [0.2, 0.25) is 0 Å². The van der Waals surface area contributed by atoms with Crippen LogP contribution in [0.15, 0.2) is 0 Å². The average Bonchev–Trinajstić information content (AvgIpc) is 2.56. The molecule has 0 bridgehead atoms. The summed E-state index contributed by atoms with van der Waals surface area (Å²) >= 11 is 0. The van der Waals surface area contributed by atoms with Crippen LogP contribution in [0.5, 0.6) is 0 Å². The quantitative estimate of drug-likeness (QED) is 0.708. The Balaban J connectivity index is 1.94. The molecular weight excluding hydrogens is 162 g/mol. The molecule has 76 valence electrons. The van der Waals surface area contributed by atoms with Crippen LogP contribution >= 0.6 is 0 Å². The summed E-state index contributed by atoms with van der Waals surface area (Å²) in [7, 11) is 0. The molecule has 1 aliphatic heterocycles. The Morgan fingerprint density at radius 1 is 1.46 bits per heavy atom. The van der Waals surface area contributed by atoms with Crippen molar-refractivity contribution in [3.05, 3.63) is 0 Å². The fourth-order valence-corrected chi connectivity index (χ4v) is 3.08. The minimum absolute atomic E-state index is 0.336. The molecule has 1 saturated carbocycles. The maximum absolute atomic E-state index is 5.85. The van der Waals surface area contributed by atoms with Gasteiger partial charge in [-0.15, -0.1) is 0 Å². The van der Waals surface area contributed by atoms with Gasteiger partial charge in [-0.05, 0) is 43.9 Å². The molecule has 0 radical (unpaired) electrons. The van der Waals surface area contributed by atoms with Gasteiger partial charge in [0.25, 0.3) is 0 Å². The predicted octanol–water partition coefficient (Wildman–Crippen LogP) is 1.78. The molecule has 2 rings (SSSR count). The largest absolute Gasteiger partial charge is 0.377 e. The third-order valence-electron chi connectivity index (χ3n) is 3.72. The molecule has 2 nitrogen and oxygen atoms in total. The van der Waals surface area contributed by atoms with Gasteiger partial charge >= 0.3 is 0 Å². The van der Waals surface area contributed by atoms with E-state index in [0.717, 1.165) is 30.8 Å². The molecule has 2 aliphatic rings. The van der Waals surface area contributed by atoms with E-state index in [1.165, 1.54) is 12.8 Å². The van der Waals surface area contributed by atoms with Crippen molar-refractivity contribution in [1.29, 1.82) is 0 Å². The maximum atomic E-state index is 5.85. The summed E-state index contributed by atoms with van der Waals surface area (Å²) in [6.07, 6.45) is 4.42. The van der Waals surface area contributed by atoms with Gasteiger partial charge in [0.15, 0.2) is 0 Å². The second-order valence-corrected chi connectivity index (χ2v) is 4.99. The van der Waals surface area contributed by atoms with E-state index in [4.69, 9.17) is 10.5 Å². The minimum Gasteiger partial charge on any atom is -0.377 e. The van der Waals surface area contributed by atoms with E-state index in [0.29, 0.717) is 12.1 Å². The van der Waals surface area contributed by atoms with Gasteiger partial charge in [-0.25, -0.2) is 0 Å². The van der Waals surface area contributed by atoms with Gasteiger partial charge in [-0.1, -0.05) is 6.92 Å². The zero-order valence-electron chi connectivity index (χ0n) is 8.70. The highest BCUT2D eigenvalue weighted by Crippen LogP contribution is 2.44. The molecule has 13 heavy (non-hydrogen) atoms. The third kappa shape index (κ3) is 1.75. The molecule has 2 fully saturated rings. The van der Waals surface area contributed by atoms with E-state index < -0.39 is 0 Å². The molecule has 0 aromatic heterocycles. The zero-order chi connectivity index (χ0) is 9.42. The summed E-state index contributed by atoms with van der Waals surface area (Å²) in [5.41, 5.74) is 5.83. The molecule has 0 aromatic carbocycles. The van der Waals surface area contributed by atoms with E-state index in [-0.39, 0.29) is 0 Å². The highest BCUT2D eigenvalue weighted by Gasteiger charge is 2.43. The Bertz CT molecular complexity index is 181. The van der Waals surface area contributed by atoms with E-state index in [9.17, 15) is 0 Å². The zero-order valence-corrected chi connectivity index (χ0v) is 8.70. The van der Waals surface area contributed by atoms with Crippen LogP contribution < -0.4 is 5.73 Å². The lowest BCUT2D eigenvalue weighted by atomic mass is 9.87. The minimum atomic E-state index is 0.336. The lowest BCUT2D eigenvalue weighted by Crippen LogP contribution is -2.24. The SMILES string of the molecule is CC(N)CC1COC2C(C)CCC12. The molecule has 1 aliphatic carbocycles. The fourth-order valence-electron chi connectivity index (χ4n) is 3.08. The highest BCUT2D eigenvalue weighted by molar-refractivity contribution is 4.92. The van der Waals surface area contributed by atoms with E-state index in [2.05, 4.69) is 13.8 Å². The average molecular weight is 183 g/mol. The summed E-state index contributed by atoms with van der Waals surface area (Å²) in [6.45, 7) is 5.38. The molecule has 1 saturated heterocycles. The number of rotatable bonds is 2. The van der Waals surface area contributed by atoms with Crippen molar-refractivity contribution in [2.75, 3.05) is 6.61 Å². The molecule has 5 unspecified atom stereocenters. The van der Waals surface area contributed by atoms with Gasteiger partial charge in [-0.2, -0.15) is 0 Å². The Labute approximate surface area is 80.8 Å². The standard InChI is InChI=1S/C11H21NO/c1-7-3-4-10-9(5-8(2)12)6-13-11(7)10/h7-11H,3-6,12H2,1-2H3. The smallest absolute Gasteiger partial charge is 0.0632 e. The van der Waals surface area contributed by atoms with Gasteiger partial charge in [0, 0.05) is 6.04 Å². The van der Waals surface area contributed by atoms with Crippen LogP contribution in [0.2, 0.25) is 0 Å². The van der Waals surface area contributed by atoms with Crippen molar-refractivity contribution in [3.63, 3.8) is 0 Å². The third-order valence-corrected chi connectivity index (χ3v) is 3.72. The van der Waals surface area contributed by atoms with E-state index in [1.54, 1.807) is 0 Å². The van der Waals surface area contributed by atoms with Gasteiger partial charge in [0.1, 0.15) is 0 Å². The molecule has 0 amide bonds. The fraction of sp³-hybridized carbons (Fsp3) is 1.00. The molecule has 1 heterocycles. The lowest BCUT2D eigenvalue weighted by molar-refractivity contribution is 0.0702. The van der Waals surface area contributed by atoms with Crippen molar-refractivity contribution >= 4 is 0 Å². The van der Waals surface area contributed by atoms with Crippen molar-refractivity contribution in [2.45, 2.75) is 45.3 Å². The molecule has 0 spiro atoms. The number of ether oxygens (including phenoxy) is 1. The Morgan fingerprint density at radius 2 is 2.23 bits per heavy atom. The Morgan fingerprint density at radius 3 is 2.92 bits per heavy atom. The van der Waals surface area contributed by atoms with Crippen molar-refractivity contribution in [3.8, 4) is 0 Å².